The predicted molar refractivity (Wildman–Crippen MR) is 125 cm³/mol. The Bertz CT molecular complexity index is 1050. The van der Waals surface area contributed by atoms with Gasteiger partial charge in [-0.05, 0) is 32.3 Å². The second-order valence-electron chi connectivity index (χ2n) is 8.03. The van der Waals surface area contributed by atoms with Crippen LogP contribution >= 0.6 is 11.6 Å². The van der Waals surface area contributed by atoms with Crippen LogP contribution in [0.3, 0.4) is 0 Å². The smallest absolute Gasteiger partial charge is 0.325 e. The van der Waals surface area contributed by atoms with Crippen LogP contribution in [0.1, 0.15) is 32.0 Å². The predicted octanol–water partition coefficient (Wildman–Crippen LogP) is 2.03. The van der Waals surface area contributed by atoms with Gasteiger partial charge in [0.15, 0.2) is 17.5 Å². The highest BCUT2D eigenvalue weighted by Gasteiger charge is 2.29. The Morgan fingerprint density at radius 1 is 1.32 bits per heavy atom. The number of hydrogen-bond acceptors (Lipinski definition) is 8. The zero-order valence-corrected chi connectivity index (χ0v) is 19.5. The van der Waals surface area contributed by atoms with Crippen molar-refractivity contribution in [2.45, 2.75) is 38.4 Å². The van der Waals surface area contributed by atoms with Crippen molar-refractivity contribution in [2.24, 2.45) is 0 Å². The number of fused-ring (bicyclic) bond motifs is 1. The van der Waals surface area contributed by atoms with Crippen molar-refractivity contribution in [3.05, 3.63) is 46.9 Å². The van der Waals surface area contributed by atoms with Crippen LogP contribution in [0, 0.1) is 5.82 Å². The van der Waals surface area contributed by atoms with Gasteiger partial charge in [-0.3, -0.25) is 4.79 Å². The molecule has 12 heteroatoms. The lowest BCUT2D eigenvalue weighted by atomic mass is 10.0. The van der Waals surface area contributed by atoms with E-state index in [9.17, 15) is 14.0 Å². The van der Waals surface area contributed by atoms with Crippen molar-refractivity contribution < 1.29 is 18.7 Å². The summed E-state index contributed by atoms with van der Waals surface area (Å²) in [5.74, 6) is -0.672. The number of rotatable bonds is 7. The number of likely N-dealkylation sites (tertiary alicyclic amines) is 1. The van der Waals surface area contributed by atoms with Gasteiger partial charge in [-0.1, -0.05) is 11.6 Å². The van der Waals surface area contributed by atoms with E-state index in [4.69, 9.17) is 16.3 Å². The van der Waals surface area contributed by atoms with Gasteiger partial charge in [0.05, 0.1) is 23.9 Å². The lowest BCUT2D eigenvalue weighted by molar-refractivity contribution is -0.141. The zero-order valence-electron chi connectivity index (χ0n) is 18.7. The van der Waals surface area contributed by atoms with E-state index in [1.165, 1.54) is 0 Å². The van der Waals surface area contributed by atoms with E-state index in [0.29, 0.717) is 29.5 Å². The molecule has 2 amide bonds. The number of carbonyl (C=O) groups is 2. The molecule has 10 nitrogen and oxygen atoms in total. The fourth-order valence-corrected chi connectivity index (χ4v) is 4.30. The van der Waals surface area contributed by atoms with Gasteiger partial charge < -0.3 is 30.9 Å². The molecule has 2 atom stereocenters. The summed E-state index contributed by atoms with van der Waals surface area (Å²) < 4.78 is 19.4. The summed E-state index contributed by atoms with van der Waals surface area (Å²) in [4.78, 5) is 34.4. The third-order valence-corrected chi connectivity index (χ3v) is 5.98. The first-order chi connectivity index (χ1) is 16.5. The van der Waals surface area contributed by atoms with E-state index in [-0.39, 0.29) is 37.2 Å². The van der Waals surface area contributed by atoms with Crippen molar-refractivity contribution >= 4 is 35.0 Å². The number of amides is 2. The van der Waals surface area contributed by atoms with Crippen molar-refractivity contribution in [3.63, 3.8) is 0 Å². The second-order valence-corrected chi connectivity index (χ2v) is 8.47. The monoisotopic (exact) mass is 491 g/mol. The molecule has 3 aliphatic rings. The Hall–Kier alpha value is -3.34. The summed E-state index contributed by atoms with van der Waals surface area (Å²) in [7, 11) is 0. The minimum atomic E-state index is -0.588. The highest BCUT2D eigenvalue weighted by atomic mass is 35.5. The highest BCUT2D eigenvalue weighted by Crippen LogP contribution is 2.31. The van der Waals surface area contributed by atoms with E-state index in [1.54, 1.807) is 24.2 Å². The van der Waals surface area contributed by atoms with Crippen LogP contribution in [0.2, 0.25) is 0 Å². The normalized spacial score (nSPS) is 21.3. The molecule has 0 aromatic carbocycles. The van der Waals surface area contributed by atoms with Crippen molar-refractivity contribution in [1.29, 1.82) is 0 Å². The van der Waals surface area contributed by atoms with Gasteiger partial charge in [0.2, 0.25) is 0 Å². The third-order valence-electron chi connectivity index (χ3n) is 5.77. The molecule has 1 aromatic heterocycles. The van der Waals surface area contributed by atoms with Gasteiger partial charge in [0, 0.05) is 36.6 Å². The minimum Gasteiger partial charge on any atom is -0.465 e. The molecule has 1 saturated heterocycles. The van der Waals surface area contributed by atoms with Crippen LogP contribution in [0.25, 0.3) is 5.57 Å². The van der Waals surface area contributed by atoms with Crippen LogP contribution in [0.4, 0.5) is 15.0 Å². The number of nitrogens with zero attached hydrogens (tertiary/aromatic N) is 3. The quantitative estimate of drug-likeness (QED) is 0.428. The van der Waals surface area contributed by atoms with Crippen LogP contribution < -0.4 is 21.3 Å². The average Bonchev–Trinajstić information content (AvgIpc) is 3.25. The van der Waals surface area contributed by atoms with Gasteiger partial charge in [0.25, 0.3) is 0 Å². The molecule has 3 aliphatic heterocycles. The number of halogens is 2. The molecule has 4 N–H and O–H groups in total. The molecular weight excluding hydrogens is 465 g/mol. The first-order valence-corrected chi connectivity index (χ1v) is 11.6. The number of aromatic nitrogens is 2. The van der Waals surface area contributed by atoms with E-state index < -0.39 is 11.8 Å². The molecule has 0 spiro atoms. The third kappa shape index (κ3) is 5.41. The van der Waals surface area contributed by atoms with E-state index in [0.717, 1.165) is 31.0 Å². The molecule has 1 aromatic rings. The molecule has 0 saturated carbocycles. The molecular formula is C22H27ClFN7O3. The van der Waals surface area contributed by atoms with Crippen molar-refractivity contribution in [2.75, 3.05) is 31.6 Å². The molecule has 0 radical (unpaired) electrons. The van der Waals surface area contributed by atoms with Crippen molar-refractivity contribution in [1.82, 2.24) is 30.8 Å². The topological polar surface area (TPSA) is 121 Å². The molecule has 0 aliphatic carbocycles. The van der Waals surface area contributed by atoms with Gasteiger partial charge in [-0.2, -0.15) is 0 Å². The van der Waals surface area contributed by atoms with Crippen LogP contribution in [-0.2, 0) is 9.53 Å². The number of nitrogens with one attached hydrogen (secondary N) is 4. The molecule has 0 bridgehead atoms. The zero-order chi connectivity index (χ0) is 24.1. The highest BCUT2D eigenvalue weighted by molar-refractivity contribution is 6.31. The van der Waals surface area contributed by atoms with Crippen LogP contribution in [0.5, 0.6) is 0 Å². The summed E-state index contributed by atoms with van der Waals surface area (Å²) in [6.07, 6.45) is 8.79. The Kier molecular flexibility index (Phi) is 7.51. The number of esters is 1. The van der Waals surface area contributed by atoms with E-state index in [2.05, 4.69) is 31.2 Å². The van der Waals surface area contributed by atoms with Gasteiger partial charge in [-0.15, -0.1) is 0 Å². The average molecular weight is 492 g/mol. The van der Waals surface area contributed by atoms with E-state index in [1.807, 2.05) is 6.08 Å². The summed E-state index contributed by atoms with van der Waals surface area (Å²) in [5.41, 5.74) is 1.58. The Morgan fingerprint density at radius 3 is 2.97 bits per heavy atom. The van der Waals surface area contributed by atoms with E-state index >= 15 is 0 Å². The number of allylic oxidation sites excluding steroid dienone is 2. The molecule has 1 unspecified atom stereocenters. The van der Waals surface area contributed by atoms with Crippen molar-refractivity contribution in [3.8, 4) is 0 Å². The first kappa shape index (κ1) is 23.8. The fourth-order valence-electron chi connectivity index (χ4n) is 4.12. The number of hydrogen-bond donors (Lipinski definition) is 4. The molecule has 4 rings (SSSR count). The molecule has 34 heavy (non-hydrogen) atoms. The van der Waals surface area contributed by atoms with Crippen LogP contribution in [-0.4, -0.2) is 65.3 Å². The first-order valence-electron chi connectivity index (χ1n) is 11.2. The molecule has 182 valence electrons. The summed E-state index contributed by atoms with van der Waals surface area (Å²) in [6, 6.07) is -0.530. The number of piperidine rings is 1. The second kappa shape index (κ2) is 10.7. The van der Waals surface area contributed by atoms with Gasteiger partial charge in [-0.25, -0.2) is 19.2 Å². The summed E-state index contributed by atoms with van der Waals surface area (Å²) in [5, 5.41) is 12.5. The Balaban J connectivity index is 1.42. The molecule has 1 fully saturated rings. The summed E-state index contributed by atoms with van der Waals surface area (Å²) in [6.45, 7) is 2.62. The maximum absolute atomic E-state index is 14.5. The van der Waals surface area contributed by atoms with Crippen LogP contribution in [0.15, 0.2) is 35.3 Å². The largest absolute Gasteiger partial charge is 0.465 e. The fraction of sp³-hybridized carbons (Fsp3) is 0.455. The number of urea groups is 1. The Morgan fingerprint density at radius 2 is 2.15 bits per heavy atom. The number of ether oxygens (including phenoxy) is 1. The lowest BCUT2D eigenvalue weighted by Gasteiger charge is -2.35. The van der Waals surface area contributed by atoms with Gasteiger partial charge >= 0.3 is 12.0 Å². The number of dihydropyridines is 1. The maximum atomic E-state index is 14.5. The maximum Gasteiger partial charge on any atom is 0.325 e. The summed E-state index contributed by atoms with van der Waals surface area (Å²) >= 11 is 6.11. The Labute approximate surface area is 201 Å². The lowest BCUT2D eigenvalue weighted by Crippen LogP contribution is -2.52. The number of anilines is 1. The molecule has 4 heterocycles. The number of carbonyl (C=O) groups excluding carboxylic acids is 2. The van der Waals surface area contributed by atoms with Gasteiger partial charge in [0.1, 0.15) is 12.7 Å². The SMILES string of the molecule is CCOC(=O)CNC(=O)N1CCCC[C@H]1CNc1nc(C2=CNC3NC=C(Cl)C=C23)ncc1F. The minimum absolute atomic E-state index is 0.0535. The standard InChI is InChI=1S/C22H27ClFN7O3/c1-2-34-18(32)12-29-22(33)31-6-4-3-5-14(31)9-26-21-17(24)11-28-20(30-21)16-10-27-19-15(16)7-13(23)8-25-19/h7-8,10-11,14,19,25,27H,2-6,9,12H2,1H3,(H,29,33)(H,26,28,30)/t14-,19?/m0/s1.